The highest BCUT2D eigenvalue weighted by Gasteiger charge is 2.28. The van der Waals surface area contributed by atoms with Crippen molar-refractivity contribution in [2.24, 2.45) is 0 Å². The molecule has 1 atom stereocenters. The second-order valence-corrected chi connectivity index (χ2v) is 5.86. The molecule has 1 aliphatic rings. The molecule has 0 spiro atoms. The van der Waals surface area contributed by atoms with E-state index in [0.29, 0.717) is 0 Å². The first-order valence-electron chi connectivity index (χ1n) is 6.61. The van der Waals surface area contributed by atoms with Crippen molar-refractivity contribution in [1.82, 2.24) is 10.2 Å². The fraction of sp³-hybridized carbons (Fsp3) is 0.500. The number of nitrogens with one attached hydrogen (secondary N) is 1. The Labute approximate surface area is 122 Å². The number of likely N-dealkylation sites (N-methyl/N-ethyl adjacent to an activating group) is 1. The number of hydrogen-bond acceptors (Lipinski definition) is 3. The summed E-state index contributed by atoms with van der Waals surface area (Å²) < 4.78 is 0.982. The average molecular weight is 326 g/mol. The van der Waals surface area contributed by atoms with Gasteiger partial charge < -0.3 is 11.1 Å². The van der Waals surface area contributed by atoms with Crippen LogP contribution < -0.4 is 11.1 Å². The van der Waals surface area contributed by atoms with Crippen LogP contribution in [0.2, 0.25) is 0 Å². The number of benzene rings is 1. The number of hydrogen-bond donors (Lipinski definition) is 2. The molecule has 1 aromatic rings. The quantitative estimate of drug-likeness (QED) is 0.837. The van der Waals surface area contributed by atoms with E-state index in [1.807, 2.05) is 18.2 Å². The van der Waals surface area contributed by atoms with Gasteiger partial charge in [-0.2, -0.15) is 0 Å². The maximum atomic E-state index is 11.9. The molecule has 5 heteroatoms. The predicted octanol–water partition coefficient (Wildman–Crippen LogP) is 2.13. The number of amides is 1. The number of halogens is 1. The van der Waals surface area contributed by atoms with Gasteiger partial charge in [-0.25, -0.2) is 0 Å². The van der Waals surface area contributed by atoms with E-state index < -0.39 is 0 Å². The zero-order valence-corrected chi connectivity index (χ0v) is 12.7. The SMILES string of the molecule is CNC(=O)C1CCCCN1Cc1ccc(Br)cc1N. The second kappa shape index (κ2) is 6.39. The van der Waals surface area contributed by atoms with E-state index in [1.165, 1.54) is 0 Å². The second-order valence-electron chi connectivity index (χ2n) is 4.94. The Morgan fingerprint density at radius 1 is 1.53 bits per heavy atom. The molecule has 4 nitrogen and oxygen atoms in total. The van der Waals surface area contributed by atoms with Crippen molar-refractivity contribution in [3.05, 3.63) is 28.2 Å². The molecule has 1 heterocycles. The molecule has 1 aliphatic heterocycles. The topological polar surface area (TPSA) is 58.4 Å². The van der Waals surface area contributed by atoms with E-state index in [0.717, 1.165) is 48.1 Å². The maximum Gasteiger partial charge on any atom is 0.237 e. The highest BCUT2D eigenvalue weighted by atomic mass is 79.9. The Morgan fingerprint density at radius 2 is 2.32 bits per heavy atom. The lowest BCUT2D eigenvalue weighted by atomic mass is 10.00. The van der Waals surface area contributed by atoms with Gasteiger partial charge in [-0.1, -0.05) is 28.4 Å². The standard InChI is InChI=1S/C14H20BrN3O/c1-17-14(19)13-4-2-3-7-18(13)9-10-5-6-11(15)8-12(10)16/h5-6,8,13H,2-4,7,9,16H2,1H3,(H,17,19). The first kappa shape index (κ1) is 14.3. The molecule has 0 aromatic heterocycles. The summed E-state index contributed by atoms with van der Waals surface area (Å²) in [5, 5.41) is 2.75. The molecular formula is C14H20BrN3O. The van der Waals surface area contributed by atoms with Gasteiger partial charge in [0.05, 0.1) is 6.04 Å². The summed E-state index contributed by atoms with van der Waals surface area (Å²) in [4.78, 5) is 14.1. The number of likely N-dealkylation sites (tertiary alicyclic amines) is 1. The lowest BCUT2D eigenvalue weighted by Crippen LogP contribution is -2.48. The normalized spacial score (nSPS) is 20.2. The monoisotopic (exact) mass is 325 g/mol. The zero-order valence-electron chi connectivity index (χ0n) is 11.2. The Morgan fingerprint density at radius 3 is 3.00 bits per heavy atom. The molecule has 104 valence electrons. The molecule has 1 fully saturated rings. The Kier molecular flexibility index (Phi) is 4.82. The fourth-order valence-electron chi connectivity index (χ4n) is 2.57. The third-order valence-electron chi connectivity index (χ3n) is 3.64. The van der Waals surface area contributed by atoms with Crippen LogP contribution in [0.5, 0.6) is 0 Å². The number of rotatable bonds is 3. The van der Waals surface area contributed by atoms with Crippen LogP contribution in [0.3, 0.4) is 0 Å². The van der Waals surface area contributed by atoms with Gasteiger partial charge in [0.1, 0.15) is 0 Å². The van der Waals surface area contributed by atoms with E-state index in [9.17, 15) is 4.79 Å². The number of nitrogen functional groups attached to an aromatic ring is 1. The molecule has 1 aromatic carbocycles. The molecule has 0 aliphatic carbocycles. The number of piperidine rings is 1. The number of anilines is 1. The van der Waals surface area contributed by atoms with Gasteiger partial charge in [-0.3, -0.25) is 9.69 Å². The Bertz CT molecular complexity index is 464. The van der Waals surface area contributed by atoms with Crippen molar-refractivity contribution in [3.8, 4) is 0 Å². The van der Waals surface area contributed by atoms with Gasteiger partial charge >= 0.3 is 0 Å². The molecule has 0 bridgehead atoms. The summed E-state index contributed by atoms with van der Waals surface area (Å²) in [5.41, 5.74) is 7.89. The first-order valence-corrected chi connectivity index (χ1v) is 7.40. The average Bonchev–Trinajstić information content (AvgIpc) is 2.41. The molecule has 0 saturated carbocycles. The van der Waals surface area contributed by atoms with Gasteiger partial charge in [-0.15, -0.1) is 0 Å². The van der Waals surface area contributed by atoms with Gasteiger partial charge in [0.15, 0.2) is 0 Å². The van der Waals surface area contributed by atoms with Gasteiger partial charge in [0, 0.05) is 23.8 Å². The van der Waals surface area contributed by atoms with E-state index in [4.69, 9.17) is 5.73 Å². The van der Waals surface area contributed by atoms with Crippen LogP contribution in [-0.2, 0) is 11.3 Å². The molecular weight excluding hydrogens is 306 g/mol. The summed E-state index contributed by atoms with van der Waals surface area (Å²) in [6, 6.07) is 5.90. The minimum atomic E-state index is -0.0261. The highest BCUT2D eigenvalue weighted by molar-refractivity contribution is 9.10. The van der Waals surface area contributed by atoms with Crippen molar-refractivity contribution >= 4 is 27.5 Å². The molecule has 1 unspecified atom stereocenters. The number of nitrogens with zero attached hydrogens (tertiary/aromatic N) is 1. The van der Waals surface area contributed by atoms with Crippen LogP contribution in [0.15, 0.2) is 22.7 Å². The maximum absolute atomic E-state index is 11.9. The van der Waals surface area contributed by atoms with Gasteiger partial charge in [0.2, 0.25) is 5.91 Å². The van der Waals surface area contributed by atoms with Crippen molar-refractivity contribution in [2.45, 2.75) is 31.8 Å². The lowest BCUT2D eigenvalue weighted by molar-refractivity contribution is -0.127. The first-order chi connectivity index (χ1) is 9.11. The molecule has 1 amide bonds. The Balaban J connectivity index is 2.13. The molecule has 2 rings (SSSR count). The molecule has 3 N–H and O–H groups in total. The van der Waals surface area contributed by atoms with Crippen molar-refractivity contribution in [2.75, 3.05) is 19.3 Å². The summed E-state index contributed by atoms with van der Waals surface area (Å²) in [6.45, 7) is 1.69. The van der Waals surface area contributed by atoms with Crippen LogP contribution >= 0.6 is 15.9 Å². The van der Waals surface area contributed by atoms with Gasteiger partial charge in [-0.05, 0) is 37.1 Å². The van der Waals surface area contributed by atoms with Crippen LogP contribution in [0.1, 0.15) is 24.8 Å². The summed E-state index contributed by atoms with van der Waals surface area (Å²) in [5.74, 6) is 0.107. The van der Waals surface area contributed by atoms with Crippen molar-refractivity contribution in [1.29, 1.82) is 0 Å². The van der Waals surface area contributed by atoms with Gasteiger partial charge in [0.25, 0.3) is 0 Å². The highest BCUT2D eigenvalue weighted by Crippen LogP contribution is 2.24. The van der Waals surface area contributed by atoms with Crippen molar-refractivity contribution < 1.29 is 4.79 Å². The minimum Gasteiger partial charge on any atom is -0.398 e. The number of nitrogens with two attached hydrogens (primary N) is 1. The van der Waals surface area contributed by atoms with Crippen LogP contribution in [0.4, 0.5) is 5.69 Å². The minimum absolute atomic E-state index is 0.0261. The van der Waals surface area contributed by atoms with E-state index >= 15 is 0 Å². The van der Waals surface area contributed by atoms with E-state index in [-0.39, 0.29) is 11.9 Å². The molecule has 0 radical (unpaired) electrons. The summed E-state index contributed by atoms with van der Waals surface area (Å²) in [6.07, 6.45) is 3.18. The van der Waals surface area contributed by atoms with E-state index in [2.05, 4.69) is 26.1 Å². The number of carbonyl (C=O) groups excluding carboxylic acids is 1. The molecule has 19 heavy (non-hydrogen) atoms. The van der Waals surface area contributed by atoms with E-state index in [1.54, 1.807) is 7.05 Å². The third kappa shape index (κ3) is 3.48. The smallest absolute Gasteiger partial charge is 0.237 e. The number of carbonyl (C=O) groups is 1. The third-order valence-corrected chi connectivity index (χ3v) is 4.14. The largest absolute Gasteiger partial charge is 0.398 e. The summed E-state index contributed by atoms with van der Waals surface area (Å²) >= 11 is 3.41. The lowest BCUT2D eigenvalue weighted by Gasteiger charge is -2.34. The predicted molar refractivity (Wildman–Crippen MR) is 80.7 cm³/mol. The summed E-state index contributed by atoms with van der Waals surface area (Å²) in [7, 11) is 1.70. The van der Waals surface area contributed by atoms with Crippen LogP contribution in [0.25, 0.3) is 0 Å². The van der Waals surface area contributed by atoms with Crippen LogP contribution in [-0.4, -0.2) is 30.4 Å². The fourth-order valence-corrected chi connectivity index (χ4v) is 2.95. The molecule has 1 saturated heterocycles. The zero-order chi connectivity index (χ0) is 13.8. The van der Waals surface area contributed by atoms with Crippen LogP contribution in [0, 0.1) is 0 Å². The van der Waals surface area contributed by atoms with Crippen molar-refractivity contribution in [3.63, 3.8) is 0 Å². The Hall–Kier alpha value is -1.07.